The molecule has 1 saturated heterocycles. The van der Waals surface area contributed by atoms with Crippen molar-refractivity contribution in [1.82, 2.24) is 9.55 Å². The highest BCUT2D eigenvalue weighted by Gasteiger charge is 2.30. The van der Waals surface area contributed by atoms with Gasteiger partial charge in [0.15, 0.2) is 5.76 Å². The molecule has 1 fully saturated rings. The van der Waals surface area contributed by atoms with Gasteiger partial charge in [0.2, 0.25) is 5.78 Å². The maximum absolute atomic E-state index is 12.9. The number of aryl methyl sites for hydroxylation is 1. The molecule has 0 saturated carbocycles. The number of rotatable bonds is 3. The lowest BCUT2D eigenvalue weighted by Crippen LogP contribution is -2.17. The highest BCUT2D eigenvalue weighted by molar-refractivity contribution is 6.17. The van der Waals surface area contributed by atoms with E-state index < -0.39 is 0 Å². The molecule has 2 aromatic heterocycles. The maximum Gasteiger partial charge on any atom is 0.235 e. The number of Topliss-reactive ketones (excluding diaryl/α,β-unsaturated/α-hetero) is 1. The summed E-state index contributed by atoms with van der Waals surface area (Å²) >= 11 is 0. The van der Waals surface area contributed by atoms with Crippen molar-refractivity contribution in [1.29, 1.82) is 0 Å². The molecule has 164 valence electrons. The normalized spacial score (nSPS) is 16.6. The fourth-order valence-corrected chi connectivity index (χ4v) is 4.87. The van der Waals surface area contributed by atoms with Crippen molar-refractivity contribution >= 4 is 28.6 Å². The highest BCUT2D eigenvalue weighted by atomic mass is 16.5. The number of ketones is 1. The third kappa shape index (κ3) is 3.18. The first-order chi connectivity index (χ1) is 16.1. The predicted octanol–water partition coefficient (Wildman–Crippen LogP) is 5.16. The molecule has 2 aliphatic rings. The van der Waals surface area contributed by atoms with E-state index in [0.717, 1.165) is 40.8 Å². The second-order valence-corrected chi connectivity index (χ2v) is 8.58. The number of hydrogen-bond donors (Lipinski definition) is 1. The molecule has 6 heteroatoms. The quantitative estimate of drug-likeness (QED) is 0.448. The van der Waals surface area contributed by atoms with Crippen LogP contribution < -0.4 is 9.64 Å². The topological polar surface area (TPSA) is 67.6 Å². The number of anilines is 1. The van der Waals surface area contributed by atoms with Gasteiger partial charge < -0.3 is 19.3 Å². The summed E-state index contributed by atoms with van der Waals surface area (Å²) in [5, 5.41) is 11.1. The Bertz CT molecular complexity index is 1430. The van der Waals surface area contributed by atoms with Gasteiger partial charge in [-0.3, -0.25) is 4.79 Å². The minimum atomic E-state index is -0.319. The van der Waals surface area contributed by atoms with Crippen LogP contribution in [-0.2, 0) is 7.05 Å². The number of carbonyl (C=O) groups is 1. The van der Waals surface area contributed by atoms with Crippen LogP contribution in [0.25, 0.3) is 28.2 Å². The molecule has 6 nitrogen and oxygen atoms in total. The van der Waals surface area contributed by atoms with Gasteiger partial charge >= 0.3 is 0 Å². The molecule has 0 aliphatic carbocycles. The van der Waals surface area contributed by atoms with Gasteiger partial charge in [-0.2, -0.15) is 0 Å². The number of hydrogen-bond acceptors (Lipinski definition) is 5. The van der Waals surface area contributed by atoms with Crippen LogP contribution in [-0.4, -0.2) is 33.5 Å². The first kappa shape index (κ1) is 19.6. The Morgan fingerprint density at radius 1 is 1.06 bits per heavy atom. The van der Waals surface area contributed by atoms with Crippen molar-refractivity contribution in [3.8, 4) is 22.6 Å². The van der Waals surface area contributed by atoms with Gasteiger partial charge in [-0.05, 0) is 60.4 Å². The third-order valence-electron chi connectivity index (χ3n) is 6.50. The lowest BCUT2D eigenvalue weighted by Gasteiger charge is -2.18. The first-order valence-corrected chi connectivity index (χ1v) is 11.2. The van der Waals surface area contributed by atoms with Crippen LogP contribution in [0, 0.1) is 0 Å². The summed E-state index contributed by atoms with van der Waals surface area (Å²) in [4.78, 5) is 19.9. The van der Waals surface area contributed by atoms with Crippen LogP contribution in [0.15, 0.2) is 66.7 Å². The molecule has 33 heavy (non-hydrogen) atoms. The average Bonchev–Trinajstić information content (AvgIpc) is 3.54. The molecule has 0 spiro atoms. The number of pyridine rings is 1. The van der Waals surface area contributed by atoms with Crippen molar-refractivity contribution < 1.29 is 14.6 Å². The molecule has 0 bridgehead atoms. The molecule has 1 N–H and O–H groups in total. The molecule has 0 radical (unpaired) electrons. The summed E-state index contributed by atoms with van der Waals surface area (Å²) in [5.74, 6) is 0.181. The number of allylic oxidation sites excluding steroid dienone is 1. The molecule has 2 aliphatic heterocycles. The van der Waals surface area contributed by atoms with Crippen LogP contribution in [0.1, 0.15) is 28.8 Å². The second kappa shape index (κ2) is 7.52. The number of fused-ring (bicyclic) bond motifs is 2. The molecule has 0 unspecified atom stereocenters. The second-order valence-electron chi connectivity index (χ2n) is 8.58. The summed E-state index contributed by atoms with van der Waals surface area (Å²) in [7, 11) is 1.94. The summed E-state index contributed by atoms with van der Waals surface area (Å²) in [6.07, 6.45) is 8.00. The van der Waals surface area contributed by atoms with Gasteiger partial charge in [-0.1, -0.05) is 18.2 Å². The van der Waals surface area contributed by atoms with Gasteiger partial charge in [-0.15, -0.1) is 0 Å². The summed E-state index contributed by atoms with van der Waals surface area (Å²) < 4.78 is 7.75. The van der Waals surface area contributed by atoms with E-state index in [1.165, 1.54) is 24.6 Å². The Balaban J connectivity index is 1.44. The van der Waals surface area contributed by atoms with Crippen LogP contribution in [0.3, 0.4) is 0 Å². The number of nitrogens with zero attached hydrogens (tertiary/aromatic N) is 3. The number of benzene rings is 2. The summed E-state index contributed by atoms with van der Waals surface area (Å²) in [6, 6.07) is 15.5. The van der Waals surface area contributed by atoms with Gasteiger partial charge in [-0.25, -0.2) is 4.98 Å². The monoisotopic (exact) mass is 437 g/mol. The number of carbonyl (C=O) groups excluding carboxylic acids is 1. The Labute approximate surface area is 191 Å². The van der Waals surface area contributed by atoms with E-state index >= 15 is 0 Å². The summed E-state index contributed by atoms with van der Waals surface area (Å²) in [5.41, 5.74) is 5.27. The molecular formula is C27H23N3O3. The SMILES string of the molecule is Cn1cc(C=C2Oc3cccc(O)c3C2=O)c2c(-c3ccc(N4CCCC4)cc3)ccnc21. The average molecular weight is 437 g/mol. The zero-order valence-corrected chi connectivity index (χ0v) is 18.3. The molecule has 0 atom stereocenters. The fourth-order valence-electron chi connectivity index (χ4n) is 4.87. The number of aromatic nitrogens is 2. The number of phenolic OH excluding ortho intramolecular Hbond substituents is 1. The number of aromatic hydroxyl groups is 1. The van der Waals surface area contributed by atoms with Crippen molar-refractivity contribution in [2.75, 3.05) is 18.0 Å². The van der Waals surface area contributed by atoms with Crippen molar-refractivity contribution in [3.05, 3.63) is 77.8 Å². The van der Waals surface area contributed by atoms with E-state index in [1.807, 2.05) is 30.1 Å². The van der Waals surface area contributed by atoms with Gasteiger partial charge in [0.05, 0.1) is 0 Å². The molecule has 4 heterocycles. The first-order valence-electron chi connectivity index (χ1n) is 11.2. The zero-order chi connectivity index (χ0) is 22.5. The van der Waals surface area contributed by atoms with E-state index in [9.17, 15) is 9.90 Å². The van der Waals surface area contributed by atoms with Gasteiger partial charge in [0.1, 0.15) is 22.7 Å². The van der Waals surface area contributed by atoms with Gasteiger partial charge in [0.25, 0.3) is 0 Å². The molecule has 0 amide bonds. The number of ether oxygens (including phenoxy) is 1. The van der Waals surface area contributed by atoms with E-state index in [4.69, 9.17) is 4.74 Å². The van der Waals surface area contributed by atoms with Crippen LogP contribution in [0.4, 0.5) is 5.69 Å². The maximum atomic E-state index is 12.9. The van der Waals surface area contributed by atoms with Crippen LogP contribution in [0.2, 0.25) is 0 Å². The third-order valence-corrected chi connectivity index (χ3v) is 6.50. The fraction of sp³-hybridized carbons (Fsp3) is 0.185. The van der Waals surface area contributed by atoms with E-state index in [0.29, 0.717) is 5.75 Å². The molecule has 2 aromatic carbocycles. The van der Waals surface area contributed by atoms with Crippen molar-refractivity contribution in [2.24, 2.45) is 7.05 Å². The Hall–Kier alpha value is -4.06. The molecule has 6 rings (SSSR count). The molecule has 4 aromatic rings. The van der Waals surface area contributed by atoms with Gasteiger partial charge in [0, 0.05) is 49.2 Å². The largest absolute Gasteiger partial charge is 0.507 e. The van der Waals surface area contributed by atoms with Crippen molar-refractivity contribution in [2.45, 2.75) is 12.8 Å². The predicted molar refractivity (Wildman–Crippen MR) is 129 cm³/mol. The van der Waals surface area contributed by atoms with E-state index in [-0.39, 0.29) is 22.9 Å². The summed E-state index contributed by atoms with van der Waals surface area (Å²) in [6.45, 7) is 2.22. The Morgan fingerprint density at radius 2 is 1.85 bits per heavy atom. The van der Waals surface area contributed by atoms with Crippen LogP contribution in [0.5, 0.6) is 11.5 Å². The minimum Gasteiger partial charge on any atom is -0.507 e. The Kier molecular flexibility index (Phi) is 4.47. The lowest BCUT2D eigenvalue weighted by molar-refractivity contribution is 0.101. The molecular weight excluding hydrogens is 414 g/mol. The zero-order valence-electron chi connectivity index (χ0n) is 18.3. The smallest absolute Gasteiger partial charge is 0.235 e. The lowest BCUT2D eigenvalue weighted by atomic mass is 10.00. The highest BCUT2D eigenvalue weighted by Crippen LogP contribution is 2.39. The Morgan fingerprint density at radius 3 is 2.61 bits per heavy atom. The standard InChI is InChI=1S/C27H23N3O3/c1-29-16-18(15-23-26(32)25-21(31)5-4-6-22(25)33-23)24-20(11-12-28-27(24)29)17-7-9-19(10-8-17)30-13-2-3-14-30/h4-12,15-16,31H,2-3,13-14H2,1H3. The van der Waals surface area contributed by atoms with Crippen LogP contribution >= 0.6 is 0 Å². The van der Waals surface area contributed by atoms with Crippen molar-refractivity contribution in [3.63, 3.8) is 0 Å². The minimum absolute atomic E-state index is 0.0701. The number of phenols is 1. The van der Waals surface area contributed by atoms with E-state index in [1.54, 1.807) is 18.2 Å². The van der Waals surface area contributed by atoms with E-state index in [2.05, 4.69) is 34.1 Å².